The van der Waals surface area contributed by atoms with Gasteiger partial charge in [-0.3, -0.25) is 0 Å². The summed E-state index contributed by atoms with van der Waals surface area (Å²) in [6, 6.07) is 0. The molecule has 0 aliphatic carbocycles. The minimum absolute atomic E-state index is 0. The first-order valence-electron chi connectivity index (χ1n) is 5.25. The second kappa shape index (κ2) is 5.79. The van der Waals surface area contributed by atoms with Crippen LogP contribution in [0.15, 0.2) is 0 Å². The predicted molar refractivity (Wildman–Crippen MR) is 57.5 cm³/mol. The maximum Gasteiger partial charge on any atom is 0.214 e. The molecule has 1 rings (SSSR count). The zero-order chi connectivity index (χ0) is 10.8. The Labute approximate surface area is 110 Å². The van der Waals surface area contributed by atoms with Gasteiger partial charge >= 0.3 is 0 Å². The van der Waals surface area contributed by atoms with E-state index in [1.54, 1.807) is 11.2 Å². The van der Waals surface area contributed by atoms with Crippen LogP contribution in [0.1, 0.15) is 13.8 Å². The fourth-order valence-corrected chi connectivity index (χ4v) is 2.79. The van der Waals surface area contributed by atoms with Crippen molar-refractivity contribution in [2.24, 2.45) is 0 Å². The van der Waals surface area contributed by atoms with Crippen LogP contribution >= 0.6 is 0 Å². The Bertz CT molecular complexity index is 284. The van der Waals surface area contributed by atoms with Crippen LogP contribution in [0.5, 0.6) is 0 Å². The van der Waals surface area contributed by atoms with Gasteiger partial charge in [0.05, 0.1) is 45.5 Å². The van der Waals surface area contributed by atoms with E-state index in [1.165, 1.54) is 0 Å². The van der Waals surface area contributed by atoms with Gasteiger partial charge in [0.25, 0.3) is 0 Å². The lowest BCUT2D eigenvalue weighted by Crippen LogP contribution is -3.00. The molecular weight excluding hydrogens is 327 g/mol. The van der Waals surface area contributed by atoms with Crippen molar-refractivity contribution in [1.82, 2.24) is 4.31 Å². The van der Waals surface area contributed by atoms with E-state index in [4.69, 9.17) is 0 Å². The molecule has 1 saturated heterocycles. The first kappa shape index (κ1) is 15.6. The second-order valence-electron chi connectivity index (χ2n) is 4.18. The molecule has 0 radical (unpaired) electrons. The van der Waals surface area contributed by atoms with Crippen molar-refractivity contribution >= 4 is 10.0 Å². The smallest absolute Gasteiger partial charge is 0.214 e. The summed E-state index contributed by atoms with van der Waals surface area (Å²) in [5.74, 6) is 0.225. The van der Waals surface area contributed by atoms with Crippen LogP contribution < -0.4 is 24.0 Å². The molecule has 0 aromatic rings. The maximum absolute atomic E-state index is 11.6. The summed E-state index contributed by atoms with van der Waals surface area (Å²) in [6.07, 6.45) is 0. The Balaban J connectivity index is 0.00000196. The van der Waals surface area contributed by atoms with Crippen LogP contribution in [0, 0.1) is 0 Å². The number of nitrogens with zero attached hydrogens (tertiary/aromatic N) is 2. The Hall–Kier alpha value is 0.600. The van der Waals surface area contributed by atoms with Crippen molar-refractivity contribution in [2.45, 2.75) is 13.8 Å². The van der Waals surface area contributed by atoms with E-state index < -0.39 is 10.0 Å². The van der Waals surface area contributed by atoms with Gasteiger partial charge in [0.2, 0.25) is 10.0 Å². The highest BCUT2D eigenvalue weighted by molar-refractivity contribution is 7.89. The summed E-state index contributed by atoms with van der Waals surface area (Å²) in [7, 11) is -0.766. The van der Waals surface area contributed by atoms with Gasteiger partial charge in [0.1, 0.15) is 0 Å². The van der Waals surface area contributed by atoms with Crippen LogP contribution in [0.25, 0.3) is 0 Å². The number of piperazine rings is 1. The molecule has 1 fully saturated rings. The lowest BCUT2D eigenvalue weighted by molar-refractivity contribution is -0.911. The highest BCUT2D eigenvalue weighted by Crippen LogP contribution is 2.12. The summed E-state index contributed by atoms with van der Waals surface area (Å²) in [5, 5.41) is 0. The number of hydrogen-bond acceptors (Lipinski definition) is 2. The molecule has 0 spiro atoms. The van der Waals surface area contributed by atoms with E-state index in [2.05, 4.69) is 14.0 Å². The number of hydrogen-bond donors (Lipinski definition) is 0. The van der Waals surface area contributed by atoms with E-state index in [-0.39, 0.29) is 29.7 Å². The number of rotatable bonds is 3. The molecule has 0 atom stereocenters. The normalized spacial score (nSPS) is 22.1. The first-order chi connectivity index (χ1) is 6.43. The summed E-state index contributed by atoms with van der Waals surface area (Å²) in [6.45, 7) is 8.19. The average Bonchev–Trinajstić information content (AvgIpc) is 2.19. The van der Waals surface area contributed by atoms with Crippen molar-refractivity contribution in [1.29, 1.82) is 0 Å². The third kappa shape index (κ3) is 3.83. The zero-order valence-electron chi connectivity index (χ0n) is 9.74. The van der Waals surface area contributed by atoms with E-state index >= 15 is 0 Å². The molecule has 1 aliphatic rings. The van der Waals surface area contributed by atoms with E-state index in [0.29, 0.717) is 13.1 Å². The molecule has 0 unspecified atom stereocenters. The Kier molecular flexibility index (Phi) is 6.02. The molecule has 15 heavy (non-hydrogen) atoms. The second-order valence-corrected chi connectivity index (χ2v) is 6.44. The van der Waals surface area contributed by atoms with Gasteiger partial charge in [0, 0.05) is 0 Å². The van der Waals surface area contributed by atoms with Crippen LogP contribution in [-0.2, 0) is 10.0 Å². The van der Waals surface area contributed by atoms with Gasteiger partial charge in [-0.1, -0.05) is 0 Å². The highest BCUT2D eigenvalue weighted by atomic mass is 127. The van der Waals surface area contributed by atoms with Crippen molar-refractivity contribution in [2.75, 3.05) is 45.5 Å². The molecule has 92 valence electrons. The number of sulfonamides is 1. The Morgan fingerprint density at radius 1 is 1.20 bits per heavy atom. The number of likely N-dealkylation sites (N-methyl/N-ethyl adjacent to an activating group) is 1. The van der Waals surface area contributed by atoms with Gasteiger partial charge in [-0.25, -0.2) is 8.42 Å². The summed E-state index contributed by atoms with van der Waals surface area (Å²) < 4.78 is 25.8. The molecular formula is C9H21IN2O2S. The monoisotopic (exact) mass is 348 g/mol. The average molecular weight is 348 g/mol. The van der Waals surface area contributed by atoms with Gasteiger partial charge < -0.3 is 28.5 Å². The van der Waals surface area contributed by atoms with Crippen LogP contribution in [0.3, 0.4) is 0 Å². The summed E-state index contributed by atoms with van der Waals surface area (Å²) >= 11 is 0. The van der Waals surface area contributed by atoms with Gasteiger partial charge in [0.15, 0.2) is 0 Å². The zero-order valence-corrected chi connectivity index (χ0v) is 12.7. The lowest BCUT2D eigenvalue weighted by Gasteiger charge is -2.40. The Morgan fingerprint density at radius 2 is 1.67 bits per heavy atom. The standard InChI is InChI=1S/C9H21N2O2S.HI/c1-4-11(3)8-6-10(7-9-11)14(12,13)5-2;/h4-9H2,1-3H3;1H/q+1;/p-1. The molecule has 6 heteroatoms. The molecule has 4 nitrogen and oxygen atoms in total. The predicted octanol–water partition coefficient (Wildman–Crippen LogP) is -2.88. The quantitative estimate of drug-likeness (QED) is 0.406. The topological polar surface area (TPSA) is 37.4 Å². The van der Waals surface area contributed by atoms with E-state index in [1.807, 2.05) is 0 Å². The van der Waals surface area contributed by atoms with E-state index in [0.717, 1.165) is 24.1 Å². The van der Waals surface area contributed by atoms with Crippen molar-refractivity contribution in [3.8, 4) is 0 Å². The fraction of sp³-hybridized carbons (Fsp3) is 1.00. The van der Waals surface area contributed by atoms with E-state index in [9.17, 15) is 8.42 Å². The van der Waals surface area contributed by atoms with Crippen molar-refractivity contribution in [3.05, 3.63) is 0 Å². The summed E-state index contributed by atoms with van der Waals surface area (Å²) in [4.78, 5) is 0. The highest BCUT2D eigenvalue weighted by Gasteiger charge is 2.32. The third-order valence-electron chi connectivity index (χ3n) is 3.30. The Morgan fingerprint density at radius 3 is 2.00 bits per heavy atom. The van der Waals surface area contributed by atoms with Gasteiger partial charge in [-0.15, -0.1) is 0 Å². The molecule has 0 amide bonds. The fourth-order valence-electron chi connectivity index (χ4n) is 1.71. The lowest BCUT2D eigenvalue weighted by atomic mass is 10.3. The SMILES string of the molecule is CC[N+]1(C)CCN(S(=O)(=O)CC)CC1.[I-]. The molecule has 0 bridgehead atoms. The molecule has 1 heterocycles. The molecule has 0 saturated carbocycles. The van der Waals surface area contributed by atoms with Crippen LogP contribution in [0.4, 0.5) is 0 Å². The van der Waals surface area contributed by atoms with Gasteiger partial charge in [-0.2, -0.15) is 4.31 Å². The van der Waals surface area contributed by atoms with Crippen molar-refractivity contribution < 1.29 is 36.9 Å². The molecule has 1 aliphatic heterocycles. The minimum atomic E-state index is -2.96. The largest absolute Gasteiger partial charge is 1.00 e. The van der Waals surface area contributed by atoms with Crippen molar-refractivity contribution in [3.63, 3.8) is 0 Å². The number of quaternary nitrogens is 1. The maximum atomic E-state index is 11.6. The molecule has 0 aromatic carbocycles. The van der Waals surface area contributed by atoms with Crippen LogP contribution in [-0.4, -0.2) is 62.7 Å². The minimum Gasteiger partial charge on any atom is -1.00 e. The summed E-state index contributed by atoms with van der Waals surface area (Å²) in [5.41, 5.74) is 0. The first-order valence-corrected chi connectivity index (χ1v) is 6.86. The molecule has 0 aromatic heterocycles. The van der Waals surface area contributed by atoms with Crippen LogP contribution in [0.2, 0.25) is 0 Å². The number of halogens is 1. The third-order valence-corrected chi connectivity index (χ3v) is 5.18. The molecule has 0 N–H and O–H groups in total. The van der Waals surface area contributed by atoms with Gasteiger partial charge in [-0.05, 0) is 13.8 Å².